The molecule has 3 amide bonds. The van der Waals surface area contributed by atoms with Crippen LogP contribution >= 0.6 is 39.0 Å². The number of nitrogens with one attached hydrogen (secondary N) is 1. The lowest BCUT2D eigenvalue weighted by atomic mass is 9.83. The third kappa shape index (κ3) is 5.34. The number of carbonyl (C=O) groups is 3. The van der Waals surface area contributed by atoms with Crippen molar-refractivity contribution in [1.82, 2.24) is 4.57 Å². The number of hydrogen-bond donors (Lipinski definition) is 1. The summed E-state index contributed by atoms with van der Waals surface area (Å²) < 4.78 is 43.8. The Balaban J connectivity index is 1.43. The molecule has 1 fully saturated rings. The molecule has 2 aliphatic heterocycles. The van der Waals surface area contributed by atoms with E-state index in [9.17, 15) is 32.3 Å². The Labute approximate surface area is 259 Å². The number of anilines is 2. The van der Waals surface area contributed by atoms with Crippen molar-refractivity contribution < 1.29 is 27.6 Å². The molecule has 0 bridgehead atoms. The summed E-state index contributed by atoms with van der Waals surface area (Å²) in [6, 6.07) is 18.6. The van der Waals surface area contributed by atoms with Gasteiger partial charge in [-0.25, -0.2) is 4.90 Å². The molecule has 0 radical (unpaired) electrons. The molecular weight excluding hydrogens is 667 g/mol. The van der Waals surface area contributed by atoms with Crippen LogP contribution < -0.4 is 15.1 Å². The predicted molar refractivity (Wildman–Crippen MR) is 161 cm³/mol. The maximum Gasteiger partial charge on any atom is 0.418 e. The Kier molecular flexibility index (Phi) is 7.59. The minimum atomic E-state index is -4.80. The Morgan fingerprint density at radius 1 is 0.977 bits per heavy atom. The van der Waals surface area contributed by atoms with Crippen molar-refractivity contribution in [3.8, 4) is 0 Å². The van der Waals surface area contributed by atoms with Crippen molar-refractivity contribution in [2.75, 3.05) is 10.2 Å². The van der Waals surface area contributed by atoms with E-state index in [1.807, 2.05) is 13.0 Å². The molecule has 0 aliphatic carbocycles. The molecule has 6 rings (SSSR count). The largest absolute Gasteiger partial charge is 0.418 e. The van der Waals surface area contributed by atoms with Crippen LogP contribution in [0, 0.1) is 12.8 Å². The number of fused-ring (bicyclic) bond motifs is 2. The van der Waals surface area contributed by atoms with Gasteiger partial charge >= 0.3 is 11.0 Å². The van der Waals surface area contributed by atoms with E-state index in [0.717, 1.165) is 45.3 Å². The van der Waals surface area contributed by atoms with Gasteiger partial charge in [-0.05, 0) is 54.4 Å². The summed E-state index contributed by atoms with van der Waals surface area (Å²) in [6.07, 6.45) is -4.80. The molecule has 220 valence electrons. The lowest BCUT2D eigenvalue weighted by Crippen LogP contribution is -2.33. The number of rotatable bonds is 5. The second-order valence-corrected chi connectivity index (χ2v) is 13.2. The van der Waals surface area contributed by atoms with Crippen molar-refractivity contribution in [3.05, 3.63) is 109 Å². The minimum absolute atomic E-state index is 0.343. The van der Waals surface area contributed by atoms with E-state index in [1.165, 1.54) is 16.7 Å². The molecule has 13 heteroatoms. The first kappa shape index (κ1) is 29.4. The van der Waals surface area contributed by atoms with Crippen molar-refractivity contribution in [2.24, 2.45) is 5.92 Å². The molecular formula is C30H21BrF3N3O4S2. The highest BCUT2D eigenvalue weighted by Gasteiger charge is 2.57. The zero-order valence-corrected chi connectivity index (χ0v) is 25.4. The van der Waals surface area contributed by atoms with Crippen LogP contribution in [-0.2, 0) is 27.1 Å². The van der Waals surface area contributed by atoms with Gasteiger partial charge in [0.15, 0.2) is 0 Å². The summed E-state index contributed by atoms with van der Waals surface area (Å²) in [5.41, 5.74) is 0.471. The lowest BCUT2D eigenvalue weighted by Gasteiger charge is -2.30. The fraction of sp³-hybridized carbons (Fsp3) is 0.200. The fourth-order valence-electron chi connectivity index (χ4n) is 5.50. The van der Waals surface area contributed by atoms with Gasteiger partial charge in [-0.1, -0.05) is 75.4 Å². The average molecular weight is 689 g/mol. The van der Waals surface area contributed by atoms with Crippen molar-refractivity contribution >= 4 is 68.1 Å². The summed E-state index contributed by atoms with van der Waals surface area (Å²) in [4.78, 5) is 54.7. The van der Waals surface area contributed by atoms with Crippen LogP contribution in [0.4, 0.5) is 24.5 Å². The summed E-state index contributed by atoms with van der Waals surface area (Å²) in [5, 5.41) is 2.00. The molecule has 0 saturated carbocycles. The summed E-state index contributed by atoms with van der Waals surface area (Å²) >= 11 is 5.19. The number of aromatic nitrogens is 1. The van der Waals surface area contributed by atoms with Crippen molar-refractivity contribution in [3.63, 3.8) is 0 Å². The van der Waals surface area contributed by atoms with Crippen LogP contribution in [0.25, 0.3) is 0 Å². The van der Waals surface area contributed by atoms with Gasteiger partial charge in [0.25, 0.3) is 0 Å². The van der Waals surface area contributed by atoms with Crippen LogP contribution in [0.5, 0.6) is 0 Å². The van der Waals surface area contributed by atoms with E-state index in [2.05, 4.69) is 21.2 Å². The van der Waals surface area contributed by atoms with Crippen molar-refractivity contribution in [2.45, 2.75) is 35.8 Å². The number of hydrogen-bond acceptors (Lipinski definition) is 6. The van der Waals surface area contributed by atoms with E-state index >= 15 is 0 Å². The zero-order valence-electron chi connectivity index (χ0n) is 22.2. The fourth-order valence-corrected chi connectivity index (χ4v) is 8.53. The highest BCUT2D eigenvalue weighted by atomic mass is 79.9. The molecule has 3 atom stereocenters. The highest BCUT2D eigenvalue weighted by molar-refractivity contribution is 9.10. The van der Waals surface area contributed by atoms with Crippen molar-refractivity contribution in [1.29, 1.82) is 0 Å². The minimum Gasteiger partial charge on any atom is -0.325 e. The van der Waals surface area contributed by atoms with E-state index in [-0.39, 0.29) is 6.54 Å². The third-order valence-corrected chi connectivity index (χ3v) is 10.5. The number of thioether (sulfide) groups is 1. The molecule has 0 unspecified atom stereocenters. The molecule has 3 heterocycles. The Hall–Kier alpha value is -3.68. The van der Waals surface area contributed by atoms with E-state index in [0.29, 0.717) is 26.1 Å². The normalized spacial score (nSPS) is 19.7. The molecule has 1 N–H and O–H groups in total. The highest BCUT2D eigenvalue weighted by Crippen LogP contribution is 2.54. The van der Waals surface area contributed by atoms with Crippen LogP contribution in [0.3, 0.4) is 0 Å². The summed E-state index contributed by atoms with van der Waals surface area (Å²) in [7, 11) is 0. The second kappa shape index (κ2) is 11.1. The number of imide groups is 1. The lowest BCUT2D eigenvalue weighted by molar-refractivity contribution is -0.137. The van der Waals surface area contributed by atoms with Gasteiger partial charge in [0.1, 0.15) is 11.8 Å². The number of aryl methyl sites for hydroxylation is 1. The number of amides is 3. The average Bonchev–Trinajstić information content (AvgIpc) is 3.39. The smallest absolute Gasteiger partial charge is 0.325 e. The van der Waals surface area contributed by atoms with Crippen LogP contribution in [0.15, 0.2) is 87.1 Å². The first-order valence-electron chi connectivity index (χ1n) is 13.0. The second-order valence-electron chi connectivity index (χ2n) is 10.2. The Morgan fingerprint density at radius 2 is 1.70 bits per heavy atom. The number of alkyl halides is 3. The SMILES string of the molecule is Cc1cccc(NC(=O)Cn2c3c(sc2=O)[C@@H](c2ccc(Br)cc2)[C@@H]2C(=O)N(c4ccccc4C(F)(F)F)C(=O)[C@@H]2S3)c1. The van der Waals surface area contributed by atoms with Gasteiger partial charge in [-0.3, -0.25) is 23.7 Å². The van der Waals surface area contributed by atoms with Crippen LogP contribution in [0.2, 0.25) is 0 Å². The number of nitrogens with zero attached hydrogens (tertiary/aromatic N) is 2. The predicted octanol–water partition coefficient (Wildman–Crippen LogP) is 6.43. The number of halogens is 4. The summed E-state index contributed by atoms with van der Waals surface area (Å²) in [5.74, 6) is -3.92. The van der Waals surface area contributed by atoms with Gasteiger partial charge in [0.2, 0.25) is 17.7 Å². The quantitative estimate of drug-likeness (QED) is 0.244. The van der Waals surface area contributed by atoms with Crippen LogP contribution in [0.1, 0.15) is 27.5 Å². The molecule has 43 heavy (non-hydrogen) atoms. The number of thiazole rings is 1. The monoisotopic (exact) mass is 687 g/mol. The zero-order chi connectivity index (χ0) is 30.6. The Bertz CT molecular complexity index is 1840. The Morgan fingerprint density at radius 3 is 2.40 bits per heavy atom. The molecule has 4 aromatic rings. The van der Waals surface area contributed by atoms with Gasteiger partial charge in [-0.15, -0.1) is 0 Å². The topological polar surface area (TPSA) is 88.5 Å². The molecule has 1 aromatic heterocycles. The van der Waals surface area contributed by atoms with Gasteiger partial charge in [0.05, 0.1) is 22.2 Å². The standard InChI is InChI=1S/C30H21BrF3N3O4S2/c1-15-5-4-6-18(13-15)35-21(38)14-36-28-25(43-29(36)41)22(16-9-11-17(31)12-10-16)23-24(42-28)27(40)37(26(23)39)20-8-3-2-7-19(20)30(32,33)34/h2-13,22-24H,14H2,1H3,(H,35,38)/t22-,23-,24+/m0/s1. The molecule has 3 aromatic carbocycles. The van der Waals surface area contributed by atoms with Crippen LogP contribution in [-0.4, -0.2) is 27.5 Å². The van der Waals surface area contributed by atoms with E-state index < -0.39 is 57.1 Å². The maximum atomic E-state index is 14.0. The van der Waals surface area contributed by atoms with Gasteiger partial charge < -0.3 is 5.32 Å². The molecule has 7 nitrogen and oxygen atoms in total. The van der Waals surface area contributed by atoms with E-state index in [4.69, 9.17) is 0 Å². The number of benzene rings is 3. The molecule has 2 aliphatic rings. The number of carbonyl (C=O) groups excluding carboxylic acids is 3. The summed E-state index contributed by atoms with van der Waals surface area (Å²) in [6.45, 7) is 1.53. The number of para-hydroxylation sites is 1. The first-order valence-corrected chi connectivity index (χ1v) is 15.5. The van der Waals surface area contributed by atoms with E-state index in [1.54, 1.807) is 42.5 Å². The van der Waals surface area contributed by atoms with Gasteiger partial charge in [-0.2, -0.15) is 13.2 Å². The van der Waals surface area contributed by atoms with Gasteiger partial charge in [0, 0.05) is 21.0 Å². The third-order valence-electron chi connectivity index (χ3n) is 7.33. The molecule has 1 saturated heterocycles. The maximum absolute atomic E-state index is 14.0. The first-order chi connectivity index (χ1) is 20.4. The molecule has 0 spiro atoms.